The van der Waals surface area contributed by atoms with Crippen molar-refractivity contribution in [2.75, 3.05) is 0 Å². The Morgan fingerprint density at radius 3 is 1.24 bits per heavy atom. The first-order chi connectivity index (χ1) is 7.73. The summed E-state index contributed by atoms with van der Waals surface area (Å²) in [5.74, 6) is -7.11. The van der Waals surface area contributed by atoms with E-state index in [0.29, 0.717) is 0 Å². The second kappa shape index (κ2) is 6.74. The SMILES string of the molecule is O=C([O-])C[C@H](S[C@@H](CC(=O)[O-])C(=O)[O-])C(=O)[O-]. The van der Waals surface area contributed by atoms with Gasteiger partial charge in [-0.15, -0.1) is 11.8 Å². The number of hydrogen-bond acceptors (Lipinski definition) is 9. The van der Waals surface area contributed by atoms with Crippen molar-refractivity contribution >= 4 is 35.6 Å². The molecule has 0 aliphatic rings. The number of aliphatic carboxylic acids is 4. The zero-order chi connectivity index (χ0) is 13.6. The first-order valence-corrected chi connectivity index (χ1v) is 5.15. The minimum absolute atomic E-state index is 0.0969. The van der Waals surface area contributed by atoms with Gasteiger partial charge in [0.25, 0.3) is 0 Å². The van der Waals surface area contributed by atoms with E-state index in [1.54, 1.807) is 0 Å². The van der Waals surface area contributed by atoms with Crippen molar-refractivity contribution in [3.05, 3.63) is 0 Å². The summed E-state index contributed by atoms with van der Waals surface area (Å²) in [6, 6.07) is 0. The largest absolute Gasteiger partial charge is 0.550 e. The molecular formula is C8H6O8S-4. The van der Waals surface area contributed by atoms with Gasteiger partial charge in [-0.3, -0.25) is 0 Å². The molecule has 8 nitrogen and oxygen atoms in total. The molecule has 0 aromatic carbocycles. The van der Waals surface area contributed by atoms with Crippen molar-refractivity contribution in [3.8, 4) is 0 Å². The summed E-state index contributed by atoms with van der Waals surface area (Å²) in [5, 5.41) is 37.9. The van der Waals surface area contributed by atoms with Crippen LogP contribution < -0.4 is 20.4 Å². The third kappa shape index (κ3) is 6.40. The van der Waals surface area contributed by atoms with Crippen molar-refractivity contribution < 1.29 is 39.6 Å². The lowest BCUT2D eigenvalue weighted by Gasteiger charge is -2.25. The van der Waals surface area contributed by atoms with Crippen LogP contribution in [-0.4, -0.2) is 34.4 Å². The van der Waals surface area contributed by atoms with Crippen LogP contribution in [0.25, 0.3) is 0 Å². The summed E-state index contributed by atoms with van der Waals surface area (Å²) >= 11 is 0.0969. The minimum atomic E-state index is -1.83. The molecule has 2 atom stereocenters. The van der Waals surface area contributed by atoms with E-state index in [0.717, 1.165) is 0 Å². The number of carboxylic acids is 4. The van der Waals surface area contributed by atoms with E-state index < -0.39 is 47.2 Å². The monoisotopic (exact) mass is 262 g/mol. The highest BCUT2D eigenvalue weighted by Gasteiger charge is 2.19. The van der Waals surface area contributed by atoms with Gasteiger partial charge in [-0.2, -0.15) is 0 Å². The molecule has 0 heterocycles. The molecule has 0 unspecified atom stereocenters. The number of thioether (sulfide) groups is 1. The highest BCUT2D eigenvalue weighted by Crippen LogP contribution is 2.22. The molecule has 0 saturated carbocycles. The molecule has 0 spiro atoms. The molecule has 0 radical (unpaired) electrons. The fraction of sp³-hybridized carbons (Fsp3) is 0.500. The van der Waals surface area contributed by atoms with Gasteiger partial charge in [0.2, 0.25) is 0 Å². The topological polar surface area (TPSA) is 161 Å². The number of rotatable bonds is 8. The quantitative estimate of drug-likeness (QED) is 0.414. The van der Waals surface area contributed by atoms with Crippen molar-refractivity contribution in [1.82, 2.24) is 0 Å². The number of carbonyl (C=O) groups excluding carboxylic acids is 4. The second-order valence-corrected chi connectivity index (χ2v) is 4.31. The summed E-state index contributed by atoms with van der Waals surface area (Å²) in [4.78, 5) is 41.3. The molecule has 0 aromatic heterocycles. The van der Waals surface area contributed by atoms with Crippen LogP contribution in [0.1, 0.15) is 12.8 Å². The molecule has 0 aliphatic carbocycles. The zero-order valence-electron chi connectivity index (χ0n) is 8.24. The van der Waals surface area contributed by atoms with E-state index in [-0.39, 0.29) is 11.8 Å². The van der Waals surface area contributed by atoms with Crippen LogP contribution in [0, 0.1) is 0 Å². The maximum atomic E-state index is 10.5. The van der Waals surface area contributed by atoms with Crippen LogP contribution in [0.15, 0.2) is 0 Å². The van der Waals surface area contributed by atoms with Crippen molar-refractivity contribution in [2.24, 2.45) is 0 Å². The summed E-state index contributed by atoms with van der Waals surface area (Å²) in [6.45, 7) is 0. The van der Waals surface area contributed by atoms with Crippen LogP contribution in [0.3, 0.4) is 0 Å². The van der Waals surface area contributed by atoms with Crippen LogP contribution in [0.5, 0.6) is 0 Å². The minimum Gasteiger partial charge on any atom is -0.550 e. The van der Waals surface area contributed by atoms with Crippen molar-refractivity contribution in [2.45, 2.75) is 23.3 Å². The molecule has 17 heavy (non-hydrogen) atoms. The standard InChI is InChI=1S/C8H10O8S/c9-5(10)1-3(7(13)14)17-4(8(15)16)2-6(11)12/h3-4H,1-2H2,(H,9,10)(H,11,12)(H,13,14)(H,15,16)/p-4/t3-,4-/m0/s1. The van der Waals surface area contributed by atoms with Crippen LogP contribution in [-0.2, 0) is 19.2 Å². The maximum absolute atomic E-state index is 10.5. The summed E-state index contributed by atoms with van der Waals surface area (Å²) in [7, 11) is 0. The van der Waals surface area contributed by atoms with E-state index in [9.17, 15) is 39.6 Å². The Bertz CT molecular complexity index is 306. The maximum Gasteiger partial charge on any atom is 0.0548 e. The lowest BCUT2D eigenvalue weighted by molar-refractivity contribution is -0.315. The fourth-order valence-electron chi connectivity index (χ4n) is 0.875. The average Bonchev–Trinajstić information content (AvgIpc) is 2.13. The van der Waals surface area contributed by atoms with Crippen molar-refractivity contribution in [1.29, 1.82) is 0 Å². The summed E-state index contributed by atoms with van der Waals surface area (Å²) in [6.07, 6.45) is -1.99. The van der Waals surface area contributed by atoms with E-state index in [1.165, 1.54) is 0 Å². The molecule has 0 rings (SSSR count). The van der Waals surface area contributed by atoms with Crippen LogP contribution in [0.2, 0.25) is 0 Å². The third-order valence-corrected chi connectivity index (χ3v) is 2.93. The van der Waals surface area contributed by atoms with E-state index in [4.69, 9.17) is 0 Å². The fourth-order valence-corrected chi connectivity index (χ4v) is 1.96. The van der Waals surface area contributed by atoms with Gasteiger partial charge in [0.15, 0.2) is 0 Å². The van der Waals surface area contributed by atoms with Gasteiger partial charge in [-0.05, 0) is 0 Å². The molecule has 0 aromatic rings. The van der Waals surface area contributed by atoms with E-state index >= 15 is 0 Å². The molecular weight excluding hydrogens is 256 g/mol. The van der Waals surface area contributed by atoms with Crippen LogP contribution >= 0.6 is 11.8 Å². The first-order valence-electron chi connectivity index (χ1n) is 4.21. The Balaban J connectivity index is 4.67. The van der Waals surface area contributed by atoms with Gasteiger partial charge in [0, 0.05) is 24.8 Å². The van der Waals surface area contributed by atoms with Gasteiger partial charge in [0.05, 0.1) is 22.4 Å². The highest BCUT2D eigenvalue weighted by atomic mass is 32.2. The average molecular weight is 262 g/mol. The molecule has 0 fully saturated rings. The molecule has 0 bridgehead atoms. The molecule has 0 amide bonds. The van der Waals surface area contributed by atoms with Crippen molar-refractivity contribution in [3.63, 3.8) is 0 Å². The summed E-state index contributed by atoms with van der Waals surface area (Å²) in [5.41, 5.74) is 0. The molecule has 96 valence electrons. The van der Waals surface area contributed by atoms with Gasteiger partial charge >= 0.3 is 0 Å². The Hall–Kier alpha value is -1.77. The predicted octanol–water partition coefficient (Wildman–Crippen LogP) is -5.76. The molecule has 9 heteroatoms. The van der Waals surface area contributed by atoms with E-state index in [2.05, 4.69) is 0 Å². The molecule has 0 saturated heterocycles. The summed E-state index contributed by atoms with van der Waals surface area (Å²) < 4.78 is 0. The molecule has 0 N–H and O–H groups in total. The lowest BCUT2D eigenvalue weighted by Crippen LogP contribution is -2.43. The smallest absolute Gasteiger partial charge is 0.0548 e. The zero-order valence-corrected chi connectivity index (χ0v) is 9.06. The van der Waals surface area contributed by atoms with Gasteiger partial charge < -0.3 is 39.6 Å². The second-order valence-electron chi connectivity index (χ2n) is 2.90. The Morgan fingerprint density at radius 2 is 1.06 bits per heavy atom. The third-order valence-electron chi connectivity index (χ3n) is 1.56. The number of carboxylic acid groups (broad SMARTS) is 4. The van der Waals surface area contributed by atoms with Gasteiger partial charge in [0.1, 0.15) is 0 Å². The van der Waals surface area contributed by atoms with E-state index in [1.807, 2.05) is 0 Å². The van der Waals surface area contributed by atoms with Crippen LogP contribution in [0.4, 0.5) is 0 Å². The lowest BCUT2D eigenvalue weighted by atomic mass is 10.3. The number of hydrogen-bond donors (Lipinski definition) is 0. The Labute approximate surface area is 99.2 Å². The molecule has 0 aliphatic heterocycles. The first kappa shape index (κ1) is 15.2. The van der Waals surface area contributed by atoms with Gasteiger partial charge in [-0.1, -0.05) is 0 Å². The Kier molecular flexibility index (Phi) is 6.03. The predicted molar refractivity (Wildman–Crippen MR) is 44.4 cm³/mol. The normalized spacial score (nSPS) is 13.6. The highest BCUT2D eigenvalue weighted by molar-refractivity contribution is 8.01. The Morgan fingerprint density at radius 1 is 0.765 bits per heavy atom. The van der Waals surface area contributed by atoms with Gasteiger partial charge in [-0.25, -0.2) is 0 Å². The number of carbonyl (C=O) groups is 4.